The molecule has 1 saturated carbocycles. The predicted octanol–water partition coefficient (Wildman–Crippen LogP) is 6.89. The van der Waals surface area contributed by atoms with Crippen molar-refractivity contribution >= 4 is 5.97 Å². The Hall–Kier alpha value is -2.49. The zero-order valence-corrected chi connectivity index (χ0v) is 16.8. The largest absolute Gasteiger partial charge is 0.481 e. The zero-order valence-electron chi connectivity index (χ0n) is 16.8. The van der Waals surface area contributed by atoms with Crippen molar-refractivity contribution in [2.75, 3.05) is 0 Å². The molecule has 0 aliphatic heterocycles. The van der Waals surface area contributed by atoms with Crippen molar-refractivity contribution < 1.29 is 18.7 Å². The van der Waals surface area contributed by atoms with Gasteiger partial charge in [-0.25, -0.2) is 8.78 Å². The van der Waals surface area contributed by atoms with Crippen LogP contribution in [-0.2, 0) is 10.2 Å². The molecule has 0 atom stereocenters. The van der Waals surface area contributed by atoms with Gasteiger partial charge < -0.3 is 5.11 Å². The second-order valence-corrected chi connectivity index (χ2v) is 7.99. The lowest BCUT2D eigenvalue weighted by Crippen LogP contribution is -2.39. The highest BCUT2D eigenvalue weighted by Gasteiger charge is 2.43. The molecule has 1 aliphatic rings. The Bertz CT molecular complexity index is 863. The van der Waals surface area contributed by atoms with Gasteiger partial charge in [-0.05, 0) is 80.2 Å². The van der Waals surface area contributed by atoms with Crippen LogP contribution in [0.5, 0.6) is 0 Å². The van der Waals surface area contributed by atoms with Crippen molar-refractivity contribution in [1.82, 2.24) is 0 Å². The van der Waals surface area contributed by atoms with Gasteiger partial charge >= 0.3 is 5.97 Å². The first-order chi connectivity index (χ1) is 14.0. The summed E-state index contributed by atoms with van der Waals surface area (Å²) in [7, 11) is 0. The fraction of sp³-hybridized carbons (Fsp3) is 0.400. The molecule has 3 rings (SSSR count). The lowest BCUT2D eigenvalue weighted by Gasteiger charge is -2.37. The molecule has 0 heterocycles. The number of allylic oxidation sites excluding steroid dienone is 2. The minimum atomic E-state index is -1.03. The number of hydrogen-bond donors (Lipinski definition) is 1. The van der Waals surface area contributed by atoms with Crippen molar-refractivity contribution in [3.63, 3.8) is 0 Å². The molecule has 0 saturated heterocycles. The minimum Gasteiger partial charge on any atom is -0.481 e. The molecule has 1 aliphatic carbocycles. The number of hydrogen-bond acceptors (Lipinski definition) is 1. The van der Waals surface area contributed by atoms with Crippen LogP contribution in [0.2, 0.25) is 0 Å². The maximum Gasteiger partial charge on any atom is 0.314 e. The topological polar surface area (TPSA) is 37.3 Å². The normalized spacial score (nSPS) is 22.1. The Morgan fingerprint density at radius 1 is 1.10 bits per heavy atom. The standard InChI is InChI=1S/C25H28F2O2/c1-2-3-4-5-6-18-13-15-25(16-14-18,24(28)29)20-9-12-22(23(27)17-20)19-7-10-21(26)11-8-19/h3-4,7-12,17-18H,2,5-6,13-16H2,1H3,(H,28,29)/b4-3+. The van der Waals surface area contributed by atoms with Crippen molar-refractivity contribution in [2.24, 2.45) is 5.92 Å². The van der Waals surface area contributed by atoms with E-state index < -0.39 is 17.2 Å². The number of benzene rings is 2. The van der Waals surface area contributed by atoms with Crippen molar-refractivity contribution in [1.29, 1.82) is 0 Å². The molecular weight excluding hydrogens is 370 g/mol. The Labute approximate surface area is 171 Å². The summed E-state index contributed by atoms with van der Waals surface area (Å²) in [6, 6.07) is 10.3. The van der Waals surface area contributed by atoms with Gasteiger partial charge in [-0.3, -0.25) is 4.79 Å². The molecule has 0 bridgehead atoms. The fourth-order valence-corrected chi connectivity index (χ4v) is 4.38. The van der Waals surface area contributed by atoms with Crippen LogP contribution in [-0.4, -0.2) is 11.1 Å². The summed E-state index contributed by atoms with van der Waals surface area (Å²) >= 11 is 0. The molecule has 29 heavy (non-hydrogen) atoms. The van der Waals surface area contributed by atoms with Crippen LogP contribution < -0.4 is 0 Å². The van der Waals surface area contributed by atoms with Crippen molar-refractivity contribution in [3.8, 4) is 11.1 Å². The monoisotopic (exact) mass is 398 g/mol. The highest BCUT2D eigenvalue weighted by molar-refractivity contribution is 5.82. The molecule has 4 heteroatoms. The lowest BCUT2D eigenvalue weighted by atomic mass is 9.66. The summed E-state index contributed by atoms with van der Waals surface area (Å²) in [5.41, 5.74) is 0.421. The quantitative estimate of drug-likeness (QED) is 0.516. The van der Waals surface area contributed by atoms with Crippen LogP contribution in [0.25, 0.3) is 11.1 Å². The van der Waals surface area contributed by atoms with E-state index in [0.717, 1.165) is 32.1 Å². The van der Waals surface area contributed by atoms with E-state index >= 15 is 0 Å². The van der Waals surface area contributed by atoms with Crippen molar-refractivity contribution in [2.45, 2.75) is 57.3 Å². The number of carboxylic acids is 1. The molecule has 2 aromatic rings. The lowest BCUT2D eigenvalue weighted by molar-refractivity contribution is -0.145. The Balaban J connectivity index is 1.78. The van der Waals surface area contributed by atoms with E-state index in [1.165, 1.54) is 30.3 Å². The molecule has 2 nitrogen and oxygen atoms in total. The summed E-state index contributed by atoms with van der Waals surface area (Å²) in [5.74, 6) is -1.21. The highest BCUT2D eigenvalue weighted by atomic mass is 19.1. The average Bonchev–Trinajstić information content (AvgIpc) is 2.72. The molecule has 0 amide bonds. The van der Waals surface area contributed by atoms with Gasteiger partial charge in [0.05, 0.1) is 5.41 Å². The number of halogens is 2. The molecule has 0 unspecified atom stereocenters. The van der Waals surface area contributed by atoms with Gasteiger partial charge in [0.1, 0.15) is 11.6 Å². The average molecular weight is 398 g/mol. The van der Waals surface area contributed by atoms with Gasteiger partial charge in [-0.2, -0.15) is 0 Å². The second kappa shape index (κ2) is 9.34. The van der Waals surface area contributed by atoms with Crippen LogP contribution in [0.4, 0.5) is 8.78 Å². The Morgan fingerprint density at radius 3 is 2.38 bits per heavy atom. The number of carboxylic acid groups (broad SMARTS) is 1. The SMILES string of the molecule is CC/C=C/CCC1CCC(C(=O)O)(c2ccc(-c3ccc(F)cc3)c(F)c2)CC1. The van der Waals surface area contributed by atoms with E-state index in [1.807, 2.05) is 0 Å². The van der Waals surface area contributed by atoms with Crippen LogP contribution in [0.3, 0.4) is 0 Å². The van der Waals surface area contributed by atoms with Crippen molar-refractivity contribution in [3.05, 3.63) is 71.8 Å². The first-order valence-electron chi connectivity index (χ1n) is 10.4. The molecular formula is C25H28F2O2. The third-order valence-corrected chi connectivity index (χ3v) is 6.19. The summed E-state index contributed by atoms with van der Waals surface area (Å²) in [6.07, 6.45) is 10.2. The summed E-state index contributed by atoms with van der Waals surface area (Å²) in [6.45, 7) is 2.11. The molecule has 2 aromatic carbocycles. The molecule has 1 fully saturated rings. The number of aliphatic carboxylic acids is 1. The third kappa shape index (κ3) is 4.75. The van der Waals surface area contributed by atoms with E-state index in [-0.39, 0.29) is 5.82 Å². The predicted molar refractivity (Wildman–Crippen MR) is 112 cm³/mol. The van der Waals surface area contributed by atoms with E-state index in [9.17, 15) is 18.7 Å². The fourth-order valence-electron chi connectivity index (χ4n) is 4.38. The van der Waals surface area contributed by atoms with Gasteiger partial charge in [0.25, 0.3) is 0 Å². The van der Waals surface area contributed by atoms with Crippen LogP contribution in [0.1, 0.15) is 57.4 Å². The molecule has 1 N–H and O–H groups in total. The maximum absolute atomic E-state index is 14.8. The van der Waals surface area contributed by atoms with Crippen LogP contribution >= 0.6 is 0 Å². The Morgan fingerprint density at radius 2 is 1.79 bits per heavy atom. The zero-order chi connectivity index (χ0) is 20.9. The molecule has 0 radical (unpaired) electrons. The van der Waals surface area contributed by atoms with Gasteiger partial charge in [-0.15, -0.1) is 0 Å². The first kappa shape index (κ1) is 21.2. The van der Waals surface area contributed by atoms with Crippen LogP contribution in [0, 0.1) is 17.6 Å². The molecule has 0 spiro atoms. The smallest absolute Gasteiger partial charge is 0.314 e. The van der Waals surface area contributed by atoms with Gasteiger partial charge in [0.15, 0.2) is 0 Å². The number of rotatable bonds is 7. The third-order valence-electron chi connectivity index (χ3n) is 6.19. The minimum absolute atomic E-state index is 0.352. The first-order valence-corrected chi connectivity index (χ1v) is 10.4. The molecule has 0 aromatic heterocycles. The Kier molecular flexibility index (Phi) is 6.83. The van der Waals surface area contributed by atoms with Gasteiger partial charge in [-0.1, -0.05) is 43.3 Å². The van der Waals surface area contributed by atoms with E-state index in [0.29, 0.717) is 35.4 Å². The number of carbonyl (C=O) groups is 1. The van der Waals surface area contributed by atoms with Gasteiger partial charge in [0.2, 0.25) is 0 Å². The van der Waals surface area contributed by atoms with Gasteiger partial charge in [0, 0.05) is 5.56 Å². The summed E-state index contributed by atoms with van der Waals surface area (Å²) in [5, 5.41) is 10.0. The van der Waals surface area contributed by atoms with E-state index in [4.69, 9.17) is 0 Å². The maximum atomic E-state index is 14.8. The molecule has 154 valence electrons. The van der Waals surface area contributed by atoms with E-state index in [1.54, 1.807) is 12.1 Å². The summed E-state index contributed by atoms with van der Waals surface area (Å²) in [4.78, 5) is 12.2. The second-order valence-electron chi connectivity index (χ2n) is 7.99. The van der Waals surface area contributed by atoms with E-state index in [2.05, 4.69) is 19.1 Å². The summed E-state index contributed by atoms with van der Waals surface area (Å²) < 4.78 is 28.0. The highest BCUT2D eigenvalue weighted by Crippen LogP contribution is 2.44. The van der Waals surface area contributed by atoms with Crippen LogP contribution in [0.15, 0.2) is 54.6 Å².